The van der Waals surface area contributed by atoms with E-state index in [1.165, 1.54) is 19.1 Å². The van der Waals surface area contributed by atoms with E-state index < -0.39 is 76.4 Å². The maximum atomic E-state index is 11.9. The molecule has 32 heteroatoms. The van der Waals surface area contributed by atoms with Gasteiger partial charge in [-0.2, -0.15) is 0 Å². The number of ether oxygens (including phenoxy) is 1. The molecular formula is C63H63ClN11NaO19. The van der Waals surface area contributed by atoms with Crippen LogP contribution in [0.2, 0.25) is 0 Å². The normalized spacial score (nSPS) is 10.5. The van der Waals surface area contributed by atoms with Gasteiger partial charge >= 0.3 is 65.4 Å². The molecule has 0 aromatic heterocycles. The van der Waals surface area contributed by atoms with Crippen LogP contribution in [0, 0.1) is 0 Å². The van der Waals surface area contributed by atoms with Gasteiger partial charge in [-0.05, 0) is 140 Å². The zero-order valence-electron chi connectivity index (χ0n) is 50.3. The molecule has 0 atom stereocenters. The molecule has 0 aliphatic rings. The summed E-state index contributed by atoms with van der Waals surface area (Å²) in [7, 11) is 0. The van der Waals surface area contributed by atoms with E-state index in [4.69, 9.17) is 71.2 Å². The summed E-state index contributed by atoms with van der Waals surface area (Å²) in [6.45, 7) is 2.04. The molecule has 22 N–H and O–H groups in total. The summed E-state index contributed by atoms with van der Waals surface area (Å²) in [6.07, 6.45) is 7.67. The van der Waals surface area contributed by atoms with E-state index in [1.54, 1.807) is 140 Å². The number of halogens is 1. The Morgan fingerprint density at radius 3 is 1.16 bits per heavy atom. The topological polar surface area (TPSA) is 555 Å². The van der Waals surface area contributed by atoms with E-state index in [-0.39, 0.29) is 40.7 Å². The van der Waals surface area contributed by atoms with Crippen molar-refractivity contribution in [2.24, 2.45) is 5.73 Å². The number of hydrogen-bond acceptors (Lipinski definition) is 20. The fraction of sp³-hybridized carbons (Fsp3) is 0.0476. The number of esters is 1. The molecule has 0 aliphatic carbocycles. The fourth-order valence-electron chi connectivity index (χ4n) is 5.81. The number of nitrogens with one attached hydrogen (secondary N) is 5. The van der Waals surface area contributed by atoms with Gasteiger partial charge in [0.2, 0.25) is 29.5 Å². The number of rotatable bonds is 20. The second kappa shape index (κ2) is 45.8. The van der Waals surface area contributed by atoms with Crippen LogP contribution in [0.5, 0.6) is 5.75 Å². The molecule has 6 rings (SSSR count). The minimum Gasteiger partial charge on any atom is -0.545 e. The number of carbonyl (C=O) groups is 12. The van der Waals surface area contributed by atoms with E-state index in [2.05, 4.69) is 26.6 Å². The molecule has 0 spiro atoms. The van der Waals surface area contributed by atoms with Crippen LogP contribution in [0.25, 0.3) is 5.57 Å². The van der Waals surface area contributed by atoms with Crippen molar-refractivity contribution < 1.29 is 122 Å². The minimum absolute atomic E-state index is 0. The zero-order chi connectivity index (χ0) is 70.7. The Labute approximate surface area is 568 Å². The number of nitrogen functional groups attached to an aromatic ring is 5. The van der Waals surface area contributed by atoms with Crippen LogP contribution < -0.4 is 100 Å². The minimum atomic E-state index is -1.41. The van der Waals surface area contributed by atoms with Gasteiger partial charge in [-0.15, -0.1) is 0 Å². The van der Waals surface area contributed by atoms with Crippen LogP contribution in [-0.4, -0.2) is 110 Å². The van der Waals surface area contributed by atoms with Crippen LogP contribution in [-0.2, 0) is 57.5 Å². The molecule has 0 bridgehead atoms. The number of carboxylic acid groups (broad SMARTS) is 6. The van der Waals surface area contributed by atoms with E-state index in [0.29, 0.717) is 87.7 Å². The van der Waals surface area contributed by atoms with Crippen molar-refractivity contribution in [2.75, 3.05) is 63.0 Å². The van der Waals surface area contributed by atoms with Crippen molar-refractivity contribution in [1.29, 1.82) is 0 Å². The van der Waals surface area contributed by atoms with Gasteiger partial charge in [0.05, 0.1) is 11.5 Å². The molecule has 0 saturated carbocycles. The second-order valence-electron chi connectivity index (χ2n) is 17.7. The Morgan fingerprint density at radius 2 is 0.800 bits per heavy atom. The predicted molar refractivity (Wildman–Crippen MR) is 349 cm³/mol. The van der Waals surface area contributed by atoms with Gasteiger partial charge in [0, 0.05) is 118 Å². The number of aliphatic carboxylic acids is 6. The molecule has 6 aromatic rings. The van der Waals surface area contributed by atoms with Crippen LogP contribution in [0.15, 0.2) is 217 Å². The summed E-state index contributed by atoms with van der Waals surface area (Å²) in [5, 5.41) is 64.4. The molecule has 0 fully saturated rings. The molecule has 6 aromatic carbocycles. The third-order valence-electron chi connectivity index (χ3n) is 10.1. The Bertz CT molecular complexity index is 3610. The third kappa shape index (κ3) is 40.8. The van der Waals surface area contributed by atoms with Gasteiger partial charge in [0.25, 0.3) is 0 Å². The molecule has 0 aliphatic heterocycles. The number of hydrogen-bond donors (Lipinski definition) is 16. The second-order valence-corrected chi connectivity index (χ2v) is 18.1. The first kappa shape index (κ1) is 82.6. The molecule has 0 saturated heterocycles. The molecule has 95 heavy (non-hydrogen) atoms. The summed E-state index contributed by atoms with van der Waals surface area (Å²) in [6, 6.07) is 40.7. The van der Waals surface area contributed by atoms with Crippen molar-refractivity contribution in [1.82, 2.24) is 5.32 Å². The molecule has 0 heterocycles. The Morgan fingerprint density at radius 1 is 0.442 bits per heavy atom. The van der Waals surface area contributed by atoms with Crippen molar-refractivity contribution in [2.45, 2.75) is 6.92 Å². The van der Waals surface area contributed by atoms with E-state index >= 15 is 0 Å². The van der Waals surface area contributed by atoms with Crippen molar-refractivity contribution in [3.05, 3.63) is 223 Å². The van der Waals surface area contributed by atoms with Gasteiger partial charge in [-0.1, -0.05) is 41.9 Å². The van der Waals surface area contributed by atoms with Crippen LogP contribution in [0.1, 0.15) is 12.5 Å². The largest absolute Gasteiger partial charge is 1.00 e. The van der Waals surface area contributed by atoms with Crippen molar-refractivity contribution >= 4 is 140 Å². The monoisotopic (exact) mass is 1340 g/mol. The molecule has 30 nitrogen and oxygen atoms in total. The number of amides is 5. The van der Waals surface area contributed by atoms with E-state index in [0.717, 1.165) is 42.5 Å². The summed E-state index contributed by atoms with van der Waals surface area (Å²) < 4.78 is 4.78. The first-order valence-electron chi connectivity index (χ1n) is 26.3. The first-order chi connectivity index (χ1) is 44.3. The molecular weight excluding hydrogens is 1270 g/mol. The summed E-state index contributed by atoms with van der Waals surface area (Å²) >= 11 is 5.28. The Kier molecular flexibility index (Phi) is 39.9. The van der Waals surface area contributed by atoms with Gasteiger partial charge in [-0.3, -0.25) is 24.0 Å². The van der Waals surface area contributed by atoms with Gasteiger partial charge < -0.3 is 101 Å². The maximum absolute atomic E-state index is 11.9. The van der Waals surface area contributed by atoms with Crippen LogP contribution >= 0.6 is 11.6 Å². The molecule has 5 amide bonds. The molecule has 492 valence electrons. The summed E-state index contributed by atoms with van der Waals surface area (Å²) in [5.74, 6) is -10.4. The van der Waals surface area contributed by atoms with Gasteiger partial charge in [0.15, 0.2) is 0 Å². The number of anilines is 9. The van der Waals surface area contributed by atoms with E-state index in [9.17, 15) is 67.7 Å². The average Bonchev–Trinajstić information content (AvgIpc) is 1.14. The zero-order valence-corrected chi connectivity index (χ0v) is 53.1. The molecule has 0 radical (unpaired) electrons. The summed E-state index contributed by atoms with van der Waals surface area (Å²) in [5.41, 5.74) is 37.8. The van der Waals surface area contributed by atoms with Crippen LogP contribution in [0.4, 0.5) is 51.2 Å². The Balaban J connectivity index is 0.00000112. The standard InChI is InChI=1S/C16H14N2O3.C11H12N2O3.C10H9ClN2O3.C10H10N2O3.C10H9NO4.C6H10N2O3.Na/c17-12-6-8-13(9-7-12)18-15(19)10-14(16(20)21)11-4-2-1-3-5-11;1-7(11(15)16)6-10(14)13-9-4-2-8(12)3-5-9;11-8(10(15)16)5-9(14)13-7-3-1-6(12)2-4-7;11-7-1-3-8(4-2-7)12-9(13)5-6-10(14)15;11-7-1-3-8(4-2-7)15-10(14)6-5-9(12)13;7-3-4-8-5(9)1-2-6(10)11;/h1-10H,17H2,(H,18,19)(H,20,21);2-6H,12H2,1H3,(H,13,14)(H,15,16);1-5H,12H2,(H,13,14)(H,15,16);1-6H,11H2,(H,12,13)(H,14,15);1-6H,11H2,(H,12,13);1-2H,3-4,7H2,(H,8,9)(H,10,11);/q;;;;;;+1/p-1/b14-10+;7-6+;8-5-;2*6-5+;2-1+;. The number of carboxylic acids is 6. The smallest absolute Gasteiger partial charge is 0.545 e. The van der Waals surface area contributed by atoms with Crippen molar-refractivity contribution in [3.63, 3.8) is 0 Å². The molecule has 0 unspecified atom stereocenters. The number of carbonyl (C=O) groups excluding carboxylic acids is 7. The first-order valence-corrected chi connectivity index (χ1v) is 26.7. The number of nitrogens with two attached hydrogens (primary N) is 6. The summed E-state index contributed by atoms with van der Waals surface area (Å²) in [4.78, 5) is 129. The van der Waals surface area contributed by atoms with Crippen LogP contribution in [0.3, 0.4) is 0 Å². The number of benzene rings is 6. The van der Waals surface area contributed by atoms with Crippen molar-refractivity contribution in [3.8, 4) is 5.75 Å². The average molecular weight is 1340 g/mol. The maximum Gasteiger partial charge on any atom is 1.00 e. The van der Waals surface area contributed by atoms with Gasteiger partial charge in [-0.25, -0.2) is 28.8 Å². The van der Waals surface area contributed by atoms with E-state index in [1.807, 2.05) is 0 Å². The quantitative estimate of drug-likeness (QED) is 0.0167. The third-order valence-corrected chi connectivity index (χ3v) is 10.4. The van der Waals surface area contributed by atoms with Gasteiger partial charge in [0.1, 0.15) is 10.8 Å². The SMILES string of the molecule is C/C(=C\C(=O)Nc1ccc(N)cc1)C(=O)O.NCCNC(=O)/C=C/C(=O)O.Nc1ccc(NC(=O)/C=C(/C(=O)O)c2ccccc2)cc1.Nc1ccc(NC(=O)/C=C(\Cl)C(=O)O)cc1.Nc1ccc(NC(=O)/C=C/C(=O)[O-])cc1.Nc1ccc(OC(=O)/C=C/C(=O)O)cc1.[Na+]. The predicted octanol–water partition coefficient (Wildman–Crippen LogP) is 1.06. The Hall–Kier alpha value is -12.4. The fourth-order valence-corrected chi connectivity index (χ4v) is 5.91.